The molecule has 0 N–H and O–H groups in total. The van der Waals surface area contributed by atoms with Crippen LogP contribution in [-0.2, 0) is 5.41 Å². The fourth-order valence-electron chi connectivity index (χ4n) is 8.14. The summed E-state index contributed by atoms with van der Waals surface area (Å²) in [4.78, 5) is 10.5. The summed E-state index contributed by atoms with van der Waals surface area (Å²) in [7, 11) is 0. The van der Waals surface area contributed by atoms with Crippen molar-refractivity contribution in [1.82, 2.24) is 14.5 Å². The molecule has 0 spiro atoms. The van der Waals surface area contributed by atoms with Gasteiger partial charge in [0.05, 0.1) is 27.8 Å². The number of para-hydroxylation sites is 3. The van der Waals surface area contributed by atoms with Crippen LogP contribution in [-0.4, -0.2) is 14.5 Å². The van der Waals surface area contributed by atoms with Crippen LogP contribution < -0.4 is 0 Å². The number of aromatic nitrogens is 3. The lowest BCUT2D eigenvalue weighted by Crippen LogP contribution is -2.26. The molecule has 6 aromatic carbocycles. The number of rotatable bonds is 2. The Morgan fingerprint density at radius 1 is 0.646 bits per heavy atom. The highest BCUT2D eigenvalue weighted by molar-refractivity contribution is 7.26. The van der Waals surface area contributed by atoms with Crippen LogP contribution in [0.4, 0.5) is 0 Å². The number of hydrogen-bond donors (Lipinski definition) is 0. The zero-order valence-electron chi connectivity index (χ0n) is 26.3. The second kappa shape index (κ2) is 9.18. The van der Waals surface area contributed by atoms with Gasteiger partial charge in [0, 0.05) is 52.9 Å². The predicted molar refractivity (Wildman–Crippen MR) is 200 cm³/mol. The first-order valence-corrected chi connectivity index (χ1v) is 17.2. The molecule has 0 fully saturated rings. The molecule has 0 radical (unpaired) electrons. The van der Waals surface area contributed by atoms with Crippen molar-refractivity contribution in [2.75, 3.05) is 0 Å². The SMILES string of the molecule is CC1(C)c2cc(-c3nc(-c4cccc5c4sc4ccccc45)nc4ccccc34)ccc2-n2c3oc4ccccc4c3c3cccc1c32. The van der Waals surface area contributed by atoms with E-state index in [9.17, 15) is 0 Å². The largest absolute Gasteiger partial charge is 0.439 e. The summed E-state index contributed by atoms with van der Waals surface area (Å²) >= 11 is 1.81. The topological polar surface area (TPSA) is 43.9 Å². The van der Waals surface area contributed by atoms with Crippen molar-refractivity contribution in [3.05, 3.63) is 139 Å². The molecule has 0 unspecified atom stereocenters. The van der Waals surface area contributed by atoms with E-state index in [1.165, 1.54) is 47.6 Å². The van der Waals surface area contributed by atoms with E-state index in [0.29, 0.717) is 0 Å². The highest BCUT2D eigenvalue weighted by Crippen LogP contribution is 2.50. The van der Waals surface area contributed by atoms with Crippen LogP contribution in [0.2, 0.25) is 0 Å². The van der Waals surface area contributed by atoms with E-state index < -0.39 is 0 Å². The molecule has 226 valence electrons. The van der Waals surface area contributed by atoms with Crippen molar-refractivity contribution in [1.29, 1.82) is 0 Å². The Bertz CT molecular complexity index is 2990. The highest BCUT2D eigenvalue weighted by Gasteiger charge is 2.37. The summed E-state index contributed by atoms with van der Waals surface area (Å²) in [5.41, 5.74) is 10.5. The maximum Gasteiger partial charge on any atom is 0.213 e. The van der Waals surface area contributed by atoms with Crippen LogP contribution in [0.3, 0.4) is 0 Å². The summed E-state index contributed by atoms with van der Waals surface area (Å²) in [6.45, 7) is 4.68. The van der Waals surface area contributed by atoms with Crippen molar-refractivity contribution in [3.63, 3.8) is 0 Å². The number of nitrogens with zero attached hydrogens (tertiary/aromatic N) is 3. The van der Waals surface area contributed by atoms with Gasteiger partial charge in [-0.1, -0.05) is 105 Å². The predicted octanol–water partition coefficient (Wildman–Crippen LogP) is 11.8. The molecular formula is C43H27N3OS. The van der Waals surface area contributed by atoms with E-state index in [1.54, 1.807) is 0 Å². The number of thiophene rings is 1. The lowest BCUT2D eigenvalue weighted by atomic mass is 9.74. The Morgan fingerprint density at radius 2 is 1.40 bits per heavy atom. The summed E-state index contributed by atoms with van der Waals surface area (Å²) in [5.74, 6) is 0.749. The second-order valence-corrected chi connectivity index (χ2v) is 14.4. The van der Waals surface area contributed by atoms with Gasteiger partial charge in [-0.2, -0.15) is 0 Å². The van der Waals surface area contributed by atoms with Gasteiger partial charge >= 0.3 is 0 Å². The molecule has 5 heterocycles. The maximum absolute atomic E-state index is 6.61. The standard InChI is InChI=1S/C43H27N3OS/c1-43(2)31-17-10-15-29-37-28-13-4-7-19-35(28)47-42(37)46(39(29)31)34-22-21-24(23-32(34)43)38-27-12-3-6-18-33(27)44-41(45-38)30-16-9-14-26-25-11-5-8-20-36(25)48-40(26)30/h3-23H,1-2H3. The minimum atomic E-state index is -0.249. The minimum Gasteiger partial charge on any atom is -0.439 e. The molecule has 4 aromatic heterocycles. The smallest absolute Gasteiger partial charge is 0.213 e. The van der Waals surface area contributed by atoms with Crippen LogP contribution in [0.1, 0.15) is 25.0 Å². The van der Waals surface area contributed by atoms with Crippen molar-refractivity contribution in [2.24, 2.45) is 0 Å². The molecule has 4 nitrogen and oxygen atoms in total. The quantitative estimate of drug-likeness (QED) is 0.190. The van der Waals surface area contributed by atoms with Gasteiger partial charge < -0.3 is 4.42 Å². The van der Waals surface area contributed by atoms with Crippen LogP contribution in [0.5, 0.6) is 0 Å². The average Bonchev–Trinajstić information content (AvgIpc) is 3.79. The van der Waals surface area contributed by atoms with Crippen LogP contribution in [0, 0.1) is 0 Å². The molecule has 0 atom stereocenters. The molecule has 48 heavy (non-hydrogen) atoms. The van der Waals surface area contributed by atoms with Crippen molar-refractivity contribution in [3.8, 4) is 28.3 Å². The van der Waals surface area contributed by atoms with Crippen LogP contribution in [0.25, 0.3) is 92.4 Å². The molecule has 0 saturated heterocycles. The fraction of sp³-hybridized carbons (Fsp3) is 0.0698. The molecule has 0 amide bonds. The summed E-state index contributed by atoms with van der Waals surface area (Å²) in [6.07, 6.45) is 0. The van der Waals surface area contributed by atoms with Gasteiger partial charge in [-0.3, -0.25) is 4.57 Å². The third-order valence-corrected chi connectivity index (χ3v) is 11.6. The Hall–Kier alpha value is -5.78. The fourth-order valence-corrected chi connectivity index (χ4v) is 9.35. The third-order valence-electron chi connectivity index (χ3n) is 10.4. The summed E-state index contributed by atoms with van der Waals surface area (Å²) in [6, 6.07) is 45.4. The number of fused-ring (bicyclic) bond motifs is 11. The van der Waals surface area contributed by atoms with Crippen molar-refractivity contribution < 1.29 is 4.42 Å². The molecule has 0 bridgehead atoms. The molecule has 0 saturated carbocycles. The molecule has 10 aromatic rings. The van der Waals surface area contributed by atoms with E-state index in [-0.39, 0.29) is 5.41 Å². The Morgan fingerprint density at radius 3 is 2.31 bits per heavy atom. The number of furan rings is 1. The molecule has 11 rings (SSSR count). The van der Waals surface area contributed by atoms with Gasteiger partial charge in [0.25, 0.3) is 0 Å². The first-order chi connectivity index (χ1) is 23.6. The van der Waals surface area contributed by atoms with Gasteiger partial charge in [0.15, 0.2) is 5.82 Å². The molecule has 0 aliphatic carbocycles. The lowest BCUT2D eigenvalue weighted by molar-refractivity contribution is 0.612. The normalized spacial score (nSPS) is 13.8. The Kier molecular flexibility index (Phi) is 5.03. The molecular weight excluding hydrogens is 607 g/mol. The van der Waals surface area contributed by atoms with Crippen molar-refractivity contribution >= 4 is 75.4 Å². The summed E-state index contributed by atoms with van der Waals surface area (Å²) in [5, 5.41) is 7.13. The molecule has 1 aliphatic heterocycles. The Balaban J connectivity index is 1.18. The monoisotopic (exact) mass is 633 g/mol. The first-order valence-electron chi connectivity index (χ1n) is 16.3. The minimum absolute atomic E-state index is 0.249. The average molecular weight is 634 g/mol. The van der Waals surface area contributed by atoms with Crippen LogP contribution in [0.15, 0.2) is 132 Å². The van der Waals surface area contributed by atoms with E-state index in [2.05, 4.69) is 140 Å². The molecule has 5 heteroatoms. The first kappa shape index (κ1) is 26.3. The van der Waals surface area contributed by atoms with E-state index in [0.717, 1.165) is 55.9 Å². The highest BCUT2D eigenvalue weighted by atomic mass is 32.1. The summed E-state index contributed by atoms with van der Waals surface area (Å²) < 4.78 is 11.4. The second-order valence-electron chi connectivity index (χ2n) is 13.4. The Labute approximate surface area is 279 Å². The van der Waals surface area contributed by atoms with E-state index in [1.807, 2.05) is 17.4 Å². The zero-order chi connectivity index (χ0) is 31.7. The van der Waals surface area contributed by atoms with Gasteiger partial charge in [-0.05, 0) is 47.5 Å². The van der Waals surface area contributed by atoms with Gasteiger partial charge in [0.1, 0.15) is 5.58 Å². The van der Waals surface area contributed by atoms with Gasteiger partial charge in [-0.15, -0.1) is 11.3 Å². The zero-order valence-corrected chi connectivity index (χ0v) is 27.1. The van der Waals surface area contributed by atoms with Crippen molar-refractivity contribution in [2.45, 2.75) is 19.3 Å². The third kappa shape index (κ3) is 3.33. The van der Waals surface area contributed by atoms with Crippen LogP contribution >= 0.6 is 11.3 Å². The number of benzene rings is 6. The van der Waals surface area contributed by atoms with Gasteiger partial charge in [0.2, 0.25) is 5.71 Å². The van der Waals surface area contributed by atoms with E-state index in [4.69, 9.17) is 14.4 Å². The lowest BCUT2D eigenvalue weighted by Gasteiger charge is -2.34. The molecule has 1 aliphatic rings. The number of hydrogen-bond acceptors (Lipinski definition) is 4. The maximum atomic E-state index is 6.61. The van der Waals surface area contributed by atoms with E-state index >= 15 is 0 Å². The van der Waals surface area contributed by atoms with Gasteiger partial charge in [-0.25, -0.2) is 9.97 Å².